The van der Waals surface area contributed by atoms with Crippen molar-refractivity contribution >= 4 is 34.5 Å². The van der Waals surface area contributed by atoms with Crippen molar-refractivity contribution in [2.24, 2.45) is 7.05 Å². The van der Waals surface area contributed by atoms with Gasteiger partial charge in [-0.05, 0) is 19.1 Å². The van der Waals surface area contributed by atoms with Crippen LogP contribution >= 0.6 is 0 Å². The van der Waals surface area contributed by atoms with Gasteiger partial charge in [-0.15, -0.1) is 0 Å². The number of urea groups is 1. The third-order valence-electron chi connectivity index (χ3n) is 6.33. The highest BCUT2D eigenvalue weighted by atomic mass is 16.5. The van der Waals surface area contributed by atoms with Crippen LogP contribution in [0.25, 0.3) is 22.3 Å². The predicted octanol–water partition coefficient (Wildman–Crippen LogP) is 4.03. The van der Waals surface area contributed by atoms with Crippen molar-refractivity contribution in [1.82, 2.24) is 29.9 Å². The number of amides is 2. The summed E-state index contributed by atoms with van der Waals surface area (Å²) in [7, 11) is 1.88. The molecule has 1 aliphatic heterocycles. The molecule has 12 heteroatoms. The Morgan fingerprint density at radius 3 is 2.53 bits per heavy atom. The minimum absolute atomic E-state index is 0.195. The van der Waals surface area contributed by atoms with E-state index in [2.05, 4.69) is 37.7 Å². The fourth-order valence-electron chi connectivity index (χ4n) is 4.31. The molecule has 200 valence electrons. The van der Waals surface area contributed by atoms with Crippen molar-refractivity contribution < 1.29 is 14.1 Å². The maximum absolute atomic E-state index is 12.4. The summed E-state index contributed by atoms with van der Waals surface area (Å²) in [6.45, 7) is 11.9. The summed E-state index contributed by atoms with van der Waals surface area (Å²) < 4.78 is 12.6. The van der Waals surface area contributed by atoms with Crippen LogP contribution in [-0.2, 0) is 17.2 Å². The highest BCUT2D eigenvalue weighted by molar-refractivity contribution is 5.99. The van der Waals surface area contributed by atoms with Gasteiger partial charge in [0.25, 0.3) is 0 Å². The molecule has 0 bridgehead atoms. The quantitative estimate of drug-likeness (QED) is 0.388. The number of hydrazine groups is 1. The van der Waals surface area contributed by atoms with E-state index in [1.807, 2.05) is 58.3 Å². The summed E-state index contributed by atoms with van der Waals surface area (Å²) in [5, 5.41) is 19.3. The summed E-state index contributed by atoms with van der Waals surface area (Å²) in [6, 6.07) is 8.78. The first-order valence-electron chi connectivity index (χ1n) is 12.7. The first-order chi connectivity index (χ1) is 18.2. The number of nitrogens with zero attached hydrogens (tertiary/aromatic N) is 7. The molecule has 2 N–H and O–H groups in total. The van der Waals surface area contributed by atoms with Crippen LogP contribution in [0.15, 0.2) is 41.1 Å². The van der Waals surface area contributed by atoms with Gasteiger partial charge in [0.15, 0.2) is 11.5 Å². The number of carbonyl (C=O) groups excluding carboxylic acids is 1. The molecule has 0 aliphatic carbocycles. The number of fused-ring (bicyclic) bond motifs is 1. The molecule has 3 aromatic heterocycles. The van der Waals surface area contributed by atoms with Crippen molar-refractivity contribution in [2.75, 3.05) is 48.5 Å². The molecule has 5 rings (SSSR count). The number of aromatic nitrogens is 5. The van der Waals surface area contributed by atoms with Gasteiger partial charge in [-0.2, -0.15) is 10.1 Å². The fourth-order valence-corrected chi connectivity index (χ4v) is 4.31. The van der Waals surface area contributed by atoms with E-state index >= 15 is 0 Å². The van der Waals surface area contributed by atoms with E-state index in [4.69, 9.17) is 19.3 Å². The standard InChI is InChI=1S/C26H33N9O3/c1-6-35(34-11-13-37-14-12-34)24-27-16-19-22(31-33(5)23(19)30-24)17-7-9-18(10-8-17)28-25(36)29-21-15-20(38-32-21)26(2,3)4/h7-10,15-16H,6,11-14H2,1-5H3,(H2,28,29,32,36). The first kappa shape index (κ1) is 25.6. The van der Waals surface area contributed by atoms with Crippen LogP contribution in [-0.4, -0.2) is 68.8 Å². The molecule has 0 radical (unpaired) electrons. The van der Waals surface area contributed by atoms with Gasteiger partial charge in [-0.3, -0.25) is 10.3 Å². The number of rotatable bonds is 6. The highest BCUT2D eigenvalue weighted by Crippen LogP contribution is 2.29. The molecule has 1 aliphatic rings. The van der Waals surface area contributed by atoms with Crippen LogP contribution in [0.2, 0.25) is 0 Å². The molecule has 0 spiro atoms. The Bertz CT molecular complexity index is 1420. The van der Waals surface area contributed by atoms with E-state index in [9.17, 15) is 4.79 Å². The maximum Gasteiger partial charge on any atom is 0.324 e. The summed E-state index contributed by atoms with van der Waals surface area (Å²) in [4.78, 5) is 22.0. The van der Waals surface area contributed by atoms with Crippen LogP contribution in [0.4, 0.5) is 22.2 Å². The Balaban J connectivity index is 1.30. The van der Waals surface area contributed by atoms with Gasteiger partial charge < -0.3 is 14.6 Å². The molecule has 1 fully saturated rings. The number of morpholine rings is 1. The number of anilines is 3. The van der Waals surface area contributed by atoms with Crippen LogP contribution in [0.5, 0.6) is 0 Å². The number of aryl methyl sites for hydroxylation is 1. The molecule has 0 unspecified atom stereocenters. The summed E-state index contributed by atoms with van der Waals surface area (Å²) in [5.41, 5.74) is 2.86. The van der Waals surface area contributed by atoms with Crippen molar-refractivity contribution in [3.05, 3.63) is 42.3 Å². The molecule has 1 aromatic carbocycles. The monoisotopic (exact) mass is 519 g/mol. The molecule has 12 nitrogen and oxygen atoms in total. The van der Waals surface area contributed by atoms with Crippen molar-refractivity contribution in [1.29, 1.82) is 0 Å². The van der Waals surface area contributed by atoms with E-state index in [0.717, 1.165) is 41.9 Å². The second-order valence-electron chi connectivity index (χ2n) is 10.1. The zero-order chi connectivity index (χ0) is 26.9. The molecular formula is C26H33N9O3. The Morgan fingerprint density at radius 2 is 1.87 bits per heavy atom. The fraction of sp³-hybridized carbons (Fsp3) is 0.423. The largest absolute Gasteiger partial charge is 0.379 e. The zero-order valence-corrected chi connectivity index (χ0v) is 22.4. The number of benzene rings is 1. The number of hydrogen-bond acceptors (Lipinski definition) is 9. The first-order valence-corrected chi connectivity index (χ1v) is 12.7. The predicted molar refractivity (Wildman–Crippen MR) is 145 cm³/mol. The zero-order valence-electron chi connectivity index (χ0n) is 22.4. The molecule has 0 saturated carbocycles. The number of carbonyl (C=O) groups is 1. The van der Waals surface area contributed by atoms with E-state index < -0.39 is 6.03 Å². The summed E-state index contributed by atoms with van der Waals surface area (Å²) >= 11 is 0. The number of nitrogens with one attached hydrogen (secondary N) is 2. The third-order valence-corrected chi connectivity index (χ3v) is 6.33. The van der Waals surface area contributed by atoms with Gasteiger partial charge >= 0.3 is 6.03 Å². The average Bonchev–Trinajstić information content (AvgIpc) is 3.50. The lowest BCUT2D eigenvalue weighted by Crippen LogP contribution is -2.49. The van der Waals surface area contributed by atoms with Crippen LogP contribution in [0.3, 0.4) is 0 Å². The molecular weight excluding hydrogens is 486 g/mol. The minimum Gasteiger partial charge on any atom is -0.379 e. The maximum atomic E-state index is 12.4. The van der Waals surface area contributed by atoms with Crippen molar-refractivity contribution in [3.8, 4) is 11.3 Å². The molecule has 1 saturated heterocycles. The minimum atomic E-state index is -0.406. The van der Waals surface area contributed by atoms with Crippen LogP contribution in [0.1, 0.15) is 33.5 Å². The molecule has 0 atom stereocenters. The molecule has 38 heavy (non-hydrogen) atoms. The summed E-state index contributed by atoms with van der Waals surface area (Å²) in [5.74, 6) is 1.70. The lowest BCUT2D eigenvalue weighted by atomic mass is 9.93. The van der Waals surface area contributed by atoms with Crippen LogP contribution < -0.4 is 15.6 Å². The van der Waals surface area contributed by atoms with Gasteiger partial charge in [0.2, 0.25) is 5.95 Å². The molecule has 4 aromatic rings. The van der Waals surface area contributed by atoms with Gasteiger partial charge in [0, 0.05) is 55.6 Å². The van der Waals surface area contributed by atoms with Crippen LogP contribution in [0, 0.1) is 0 Å². The lowest BCUT2D eigenvalue weighted by Gasteiger charge is -2.36. The lowest BCUT2D eigenvalue weighted by molar-refractivity contribution is 0.0314. The third kappa shape index (κ3) is 5.31. The number of ether oxygens (including phenoxy) is 1. The second-order valence-corrected chi connectivity index (χ2v) is 10.1. The normalized spacial score (nSPS) is 14.6. The van der Waals surface area contributed by atoms with Crippen molar-refractivity contribution in [2.45, 2.75) is 33.1 Å². The van der Waals surface area contributed by atoms with Gasteiger partial charge in [0.05, 0.1) is 18.6 Å². The topological polar surface area (TPSA) is 126 Å². The van der Waals surface area contributed by atoms with E-state index in [-0.39, 0.29) is 5.41 Å². The van der Waals surface area contributed by atoms with Gasteiger partial charge in [-0.25, -0.2) is 19.5 Å². The molecule has 2 amide bonds. The average molecular weight is 520 g/mol. The SMILES string of the molecule is CCN(c1ncc2c(-c3ccc(NC(=O)Nc4cc(C(C)(C)C)on4)cc3)nn(C)c2n1)N1CCOCC1. The summed E-state index contributed by atoms with van der Waals surface area (Å²) in [6.07, 6.45) is 1.83. The second kappa shape index (κ2) is 10.4. The Hall–Kier alpha value is -4.03. The number of hydrogen-bond donors (Lipinski definition) is 2. The van der Waals surface area contributed by atoms with Crippen molar-refractivity contribution in [3.63, 3.8) is 0 Å². The van der Waals surface area contributed by atoms with E-state index in [0.29, 0.717) is 36.4 Å². The van der Waals surface area contributed by atoms with E-state index in [1.165, 1.54) is 0 Å². The highest BCUT2D eigenvalue weighted by Gasteiger charge is 2.22. The van der Waals surface area contributed by atoms with E-state index in [1.54, 1.807) is 10.7 Å². The molecule has 4 heterocycles. The Morgan fingerprint density at radius 1 is 1.13 bits per heavy atom. The smallest absolute Gasteiger partial charge is 0.324 e. The van der Waals surface area contributed by atoms with Gasteiger partial charge in [-0.1, -0.05) is 38.1 Å². The van der Waals surface area contributed by atoms with Gasteiger partial charge in [0.1, 0.15) is 11.5 Å². The Labute approximate surface area is 220 Å². The Kier molecular flexibility index (Phi) is 7.00.